The Labute approximate surface area is 158 Å². The maximum absolute atomic E-state index is 11.9. The van der Waals surface area contributed by atoms with Crippen LogP contribution in [0.2, 0.25) is 0 Å². The zero-order chi connectivity index (χ0) is 19.3. The van der Waals surface area contributed by atoms with Gasteiger partial charge in [-0.05, 0) is 32.9 Å². The molecular weight excluding hydrogens is 348 g/mol. The van der Waals surface area contributed by atoms with E-state index in [2.05, 4.69) is 17.6 Å². The number of aryl methyl sites for hydroxylation is 1. The Morgan fingerprint density at radius 3 is 2.46 bits per heavy atom. The molecule has 0 aliphatic carbocycles. The standard InChI is InChI=1S/C19H26N4O2S/c1-12(2)20-17(25)10-23(5)11-18-22-19(13(3)26-18)15-6-8-16(9-7-15)21-14(4)24/h6-9,12H,10-11H2,1-5H3,(H,20,25)(H,21,24)/p+1. The second-order valence-corrected chi connectivity index (χ2v) is 8.09. The molecule has 26 heavy (non-hydrogen) atoms. The third kappa shape index (κ3) is 5.93. The van der Waals surface area contributed by atoms with Crippen molar-refractivity contribution in [3.05, 3.63) is 34.2 Å². The van der Waals surface area contributed by atoms with Crippen LogP contribution in [-0.2, 0) is 16.1 Å². The maximum atomic E-state index is 11.9. The molecule has 1 unspecified atom stereocenters. The molecule has 1 aromatic carbocycles. The lowest BCUT2D eigenvalue weighted by Crippen LogP contribution is -3.09. The van der Waals surface area contributed by atoms with Crippen LogP contribution in [0.25, 0.3) is 11.3 Å². The molecule has 0 aliphatic heterocycles. The highest BCUT2D eigenvalue weighted by Crippen LogP contribution is 2.28. The lowest BCUT2D eigenvalue weighted by molar-refractivity contribution is -0.885. The number of anilines is 1. The molecule has 0 fully saturated rings. The second-order valence-electron chi connectivity index (χ2n) is 6.80. The smallest absolute Gasteiger partial charge is 0.275 e. The Hall–Kier alpha value is -2.25. The Morgan fingerprint density at radius 2 is 1.88 bits per heavy atom. The maximum Gasteiger partial charge on any atom is 0.275 e. The summed E-state index contributed by atoms with van der Waals surface area (Å²) in [5, 5.41) is 6.69. The largest absolute Gasteiger partial charge is 0.349 e. The van der Waals surface area contributed by atoms with Crippen molar-refractivity contribution in [1.29, 1.82) is 0 Å². The lowest BCUT2D eigenvalue weighted by atomic mass is 10.1. The van der Waals surface area contributed by atoms with Gasteiger partial charge in [0.05, 0.1) is 12.7 Å². The number of nitrogens with zero attached hydrogens (tertiary/aromatic N) is 1. The van der Waals surface area contributed by atoms with Crippen LogP contribution in [0.15, 0.2) is 24.3 Å². The molecule has 0 bridgehead atoms. The Bertz CT molecular complexity index is 768. The van der Waals surface area contributed by atoms with Crippen LogP contribution in [0.1, 0.15) is 30.7 Å². The minimum atomic E-state index is -0.0857. The summed E-state index contributed by atoms with van der Waals surface area (Å²) in [5.74, 6) is -0.0306. The number of quaternary nitrogens is 1. The van der Waals surface area contributed by atoms with Gasteiger partial charge in [0.2, 0.25) is 5.91 Å². The topological polar surface area (TPSA) is 75.5 Å². The van der Waals surface area contributed by atoms with Gasteiger partial charge in [-0.2, -0.15) is 0 Å². The zero-order valence-corrected chi connectivity index (χ0v) is 16.8. The molecule has 140 valence electrons. The van der Waals surface area contributed by atoms with Crippen LogP contribution < -0.4 is 15.5 Å². The summed E-state index contributed by atoms with van der Waals surface area (Å²) in [4.78, 5) is 30.0. The van der Waals surface area contributed by atoms with Gasteiger partial charge in [-0.3, -0.25) is 9.59 Å². The van der Waals surface area contributed by atoms with Gasteiger partial charge in [0.15, 0.2) is 6.54 Å². The van der Waals surface area contributed by atoms with Crippen LogP contribution in [0.5, 0.6) is 0 Å². The number of thiazole rings is 1. The normalized spacial score (nSPS) is 12.1. The Kier molecular flexibility index (Phi) is 6.88. The van der Waals surface area contributed by atoms with E-state index in [0.717, 1.165) is 31.7 Å². The van der Waals surface area contributed by atoms with Gasteiger partial charge in [-0.15, -0.1) is 11.3 Å². The average Bonchev–Trinajstić information content (AvgIpc) is 2.86. The van der Waals surface area contributed by atoms with E-state index in [4.69, 9.17) is 4.98 Å². The molecule has 6 nitrogen and oxygen atoms in total. The third-order valence-electron chi connectivity index (χ3n) is 3.68. The highest BCUT2D eigenvalue weighted by Gasteiger charge is 2.16. The molecule has 2 amide bonds. The van der Waals surface area contributed by atoms with Crippen LogP contribution >= 0.6 is 11.3 Å². The zero-order valence-electron chi connectivity index (χ0n) is 16.0. The van der Waals surface area contributed by atoms with E-state index >= 15 is 0 Å². The predicted octanol–water partition coefficient (Wildman–Crippen LogP) is 1.62. The number of hydrogen-bond donors (Lipinski definition) is 3. The molecule has 1 aromatic heterocycles. The SMILES string of the molecule is CC(=O)Nc1ccc(-c2nc(C[NH+](C)CC(=O)NC(C)C)sc2C)cc1. The number of aromatic nitrogens is 1. The van der Waals surface area contributed by atoms with Gasteiger partial charge in [-0.1, -0.05) is 12.1 Å². The van der Waals surface area contributed by atoms with Gasteiger partial charge < -0.3 is 15.5 Å². The predicted molar refractivity (Wildman–Crippen MR) is 105 cm³/mol. The van der Waals surface area contributed by atoms with Crippen molar-refractivity contribution in [3.63, 3.8) is 0 Å². The number of nitrogens with one attached hydrogen (secondary N) is 3. The van der Waals surface area contributed by atoms with Gasteiger partial charge in [0.25, 0.3) is 5.91 Å². The number of amides is 2. The highest BCUT2D eigenvalue weighted by molar-refractivity contribution is 7.12. The van der Waals surface area contributed by atoms with E-state index < -0.39 is 0 Å². The lowest BCUT2D eigenvalue weighted by Gasteiger charge is -2.13. The summed E-state index contributed by atoms with van der Waals surface area (Å²) in [5.41, 5.74) is 2.75. The molecule has 2 aromatic rings. The second kappa shape index (κ2) is 8.91. The minimum absolute atomic E-state index is 0.0551. The van der Waals surface area contributed by atoms with E-state index in [-0.39, 0.29) is 17.9 Å². The van der Waals surface area contributed by atoms with E-state index in [9.17, 15) is 9.59 Å². The first kappa shape index (κ1) is 20.1. The van der Waals surface area contributed by atoms with E-state index in [1.54, 1.807) is 11.3 Å². The number of benzene rings is 1. The summed E-state index contributed by atoms with van der Waals surface area (Å²) in [6, 6.07) is 7.84. The van der Waals surface area contributed by atoms with Crippen LogP contribution in [0.3, 0.4) is 0 Å². The van der Waals surface area contributed by atoms with Gasteiger partial charge >= 0.3 is 0 Å². The van der Waals surface area contributed by atoms with Crippen molar-refractivity contribution in [2.75, 3.05) is 18.9 Å². The van der Waals surface area contributed by atoms with Crippen molar-refractivity contribution in [1.82, 2.24) is 10.3 Å². The first-order valence-corrected chi connectivity index (χ1v) is 9.51. The molecular formula is C19H27N4O2S+. The van der Waals surface area contributed by atoms with Crippen LogP contribution in [0, 0.1) is 6.92 Å². The fraction of sp³-hybridized carbons (Fsp3) is 0.421. The molecule has 3 N–H and O–H groups in total. The molecule has 0 saturated heterocycles. The van der Waals surface area contributed by atoms with Crippen molar-refractivity contribution in [2.24, 2.45) is 0 Å². The van der Waals surface area contributed by atoms with E-state index in [0.29, 0.717) is 13.1 Å². The van der Waals surface area contributed by atoms with Gasteiger partial charge in [0, 0.05) is 29.1 Å². The molecule has 1 atom stereocenters. The summed E-state index contributed by atoms with van der Waals surface area (Å²) < 4.78 is 0. The van der Waals surface area contributed by atoms with Gasteiger partial charge in [-0.25, -0.2) is 4.98 Å². The monoisotopic (exact) mass is 375 g/mol. The summed E-state index contributed by atoms with van der Waals surface area (Å²) >= 11 is 1.66. The molecule has 0 saturated carbocycles. The Morgan fingerprint density at radius 1 is 1.23 bits per heavy atom. The van der Waals surface area contributed by atoms with Crippen LogP contribution in [0.4, 0.5) is 5.69 Å². The fourth-order valence-electron chi connectivity index (χ4n) is 2.68. The number of hydrogen-bond acceptors (Lipinski definition) is 4. The quantitative estimate of drug-likeness (QED) is 0.688. The fourth-order valence-corrected chi connectivity index (χ4v) is 3.75. The molecule has 0 spiro atoms. The van der Waals surface area contributed by atoms with E-state index in [1.165, 1.54) is 6.92 Å². The minimum Gasteiger partial charge on any atom is -0.349 e. The van der Waals surface area contributed by atoms with Crippen LogP contribution in [-0.4, -0.2) is 36.4 Å². The molecule has 2 rings (SSSR count). The van der Waals surface area contributed by atoms with Crippen molar-refractivity contribution >= 4 is 28.8 Å². The van der Waals surface area contributed by atoms with E-state index in [1.807, 2.05) is 45.2 Å². The number of carbonyl (C=O) groups is 2. The van der Waals surface area contributed by atoms with Crippen molar-refractivity contribution < 1.29 is 14.5 Å². The van der Waals surface area contributed by atoms with Gasteiger partial charge in [0.1, 0.15) is 11.6 Å². The number of rotatable bonds is 7. The van der Waals surface area contributed by atoms with Crippen molar-refractivity contribution in [2.45, 2.75) is 40.3 Å². The Balaban J connectivity index is 2.04. The first-order valence-electron chi connectivity index (χ1n) is 8.69. The molecule has 0 radical (unpaired) electrons. The number of likely N-dealkylation sites (N-methyl/N-ethyl adjacent to an activating group) is 1. The summed E-state index contributed by atoms with van der Waals surface area (Å²) in [7, 11) is 2.00. The molecule has 0 aliphatic rings. The average molecular weight is 376 g/mol. The number of carbonyl (C=O) groups excluding carboxylic acids is 2. The first-order chi connectivity index (χ1) is 12.2. The molecule has 1 heterocycles. The summed E-state index contributed by atoms with van der Waals surface area (Å²) in [6.07, 6.45) is 0. The van der Waals surface area contributed by atoms with Crippen molar-refractivity contribution in [3.8, 4) is 11.3 Å². The highest BCUT2D eigenvalue weighted by atomic mass is 32.1. The third-order valence-corrected chi connectivity index (χ3v) is 4.66. The molecule has 7 heteroatoms. The summed E-state index contributed by atoms with van der Waals surface area (Å²) in [6.45, 7) is 8.60.